The largest absolute Gasteiger partial charge is 0.397 e. The topological polar surface area (TPSA) is 49.8 Å². The zero-order chi connectivity index (χ0) is 14.0. The van der Waals surface area contributed by atoms with Crippen molar-refractivity contribution in [3.8, 4) is 6.07 Å². The van der Waals surface area contributed by atoms with Crippen LogP contribution in [0.4, 0.5) is 8.78 Å². The van der Waals surface area contributed by atoms with E-state index in [0.29, 0.717) is 4.88 Å². The molecule has 0 atom stereocenters. The number of hydrogen-bond acceptors (Lipinski definition) is 3. The molecule has 2 rings (SSSR count). The van der Waals surface area contributed by atoms with Crippen molar-refractivity contribution in [3.05, 3.63) is 57.3 Å². The minimum atomic E-state index is -0.773. The number of rotatable bonds is 2. The van der Waals surface area contributed by atoms with Gasteiger partial charge in [0, 0.05) is 4.88 Å². The van der Waals surface area contributed by atoms with Gasteiger partial charge in [0.05, 0.1) is 16.8 Å². The van der Waals surface area contributed by atoms with Crippen LogP contribution in [-0.2, 0) is 0 Å². The Morgan fingerprint density at radius 1 is 1.32 bits per heavy atom. The minimum absolute atomic E-state index is 0.0819. The SMILES string of the molecule is Cc1ccc(F)c(/C(N)=C(/C#N)c2cccs2)c1F. The third kappa shape index (κ3) is 2.35. The fourth-order valence-electron chi connectivity index (χ4n) is 1.70. The Morgan fingerprint density at radius 2 is 2.05 bits per heavy atom. The van der Waals surface area contributed by atoms with E-state index in [9.17, 15) is 8.78 Å². The molecule has 1 aromatic carbocycles. The summed E-state index contributed by atoms with van der Waals surface area (Å²) in [5, 5.41) is 10.9. The molecule has 1 aromatic heterocycles. The van der Waals surface area contributed by atoms with Gasteiger partial charge in [-0.05, 0) is 30.0 Å². The number of hydrogen-bond donors (Lipinski definition) is 1. The van der Waals surface area contributed by atoms with Crippen LogP contribution in [0.3, 0.4) is 0 Å². The molecule has 0 fully saturated rings. The molecule has 0 aliphatic rings. The Bertz CT molecular complexity index is 682. The molecule has 0 spiro atoms. The maximum Gasteiger partial charge on any atom is 0.138 e. The highest BCUT2D eigenvalue weighted by atomic mass is 32.1. The van der Waals surface area contributed by atoms with E-state index < -0.39 is 11.6 Å². The monoisotopic (exact) mass is 276 g/mol. The second kappa shape index (κ2) is 5.21. The first-order valence-electron chi connectivity index (χ1n) is 5.45. The number of nitrogens with zero attached hydrogens (tertiary/aromatic N) is 1. The summed E-state index contributed by atoms with van der Waals surface area (Å²) in [6.45, 7) is 1.52. The summed E-state index contributed by atoms with van der Waals surface area (Å²) < 4.78 is 27.8. The van der Waals surface area contributed by atoms with Crippen molar-refractivity contribution in [2.45, 2.75) is 6.92 Å². The Balaban J connectivity index is 2.71. The van der Waals surface area contributed by atoms with Gasteiger partial charge in [-0.1, -0.05) is 12.1 Å². The van der Waals surface area contributed by atoms with E-state index in [1.165, 1.54) is 24.3 Å². The molecule has 5 heteroatoms. The Kier molecular flexibility index (Phi) is 3.63. The Hall–Kier alpha value is -2.19. The number of aryl methyl sites for hydroxylation is 1. The molecule has 0 aliphatic carbocycles. The average molecular weight is 276 g/mol. The predicted octanol–water partition coefficient (Wildman–Crippen LogP) is 3.69. The third-order valence-corrected chi connectivity index (χ3v) is 3.59. The second-order valence-corrected chi connectivity index (χ2v) is 4.88. The third-order valence-electron chi connectivity index (χ3n) is 2.70. The molecule has 2 N–H and O–H groups in total. The molecule has 0 aliphatic heterocycles. The van der Waals surface area contributed by atoms with Gasteiger partial charge < -0.3 is 5.73 Å². The molecule has 0 saturated carbocycles. The molecular weight excluding hydrogens is 266 g/mol. The van der Waals surface area contributed by atoms with Crippen LogP contribution in [0.1, 0.15) is 16.0 Å². The lowest BCUT2D eigenvalue weighted by molar-refractivity contribution is 0.571. The summed E-state index contributed by atoms with van der Waals surface area (Å²) in [6, 6.07) is 7.81. The highest BCUT2D eigenvalue weighted by molar-refractivity contribution is 7.11. The van der Waals surface area contributed by atoms with Gasteiger partial charge in [0.2, 0.25) is 0 Å². The minimum Gasteiger partial charge on any atom is -0.397 e. The van der Waals surface area contributed by atoms with Crippen LogP contribution in [0.25, 0.3) is 11.3 Å². The van der Waals surface area contributed by atoms with Gasteiger partial charge >= 0.3 is 0 Å². The summed E-state index contributed by atoms with van der Waals surface area (Å²) in [5.41, 5.74) is 5.64. The van der Waals surface area contributed by atoms with Crippen LogP contribution in [-0.4, -0.2) is 0 Å². The first-order valence-corrected chi connectivity index (χ1v) is 6.33. The van der Waals surface area contributed by atoms with Gasteiger partial charge in [0.15, 0.2) is 0 Å². The van der Waals surface area contributed by atoms with Crippen LogP contribution in [0.15, 0.2) is 29.6 Å². The summed E-state index contributed by atoms with van der Waals surface area (Å²) in [5.74, 6) is -1.51. The molecule has 19 heavy (non-hydrogen) atoms. The zero-order valence-corrected chi connectivity index (χ0v) is 10.9. The van der Waals surface area contributed by atoms with Crippen molar-refractivity contribution < 1.29 is 8.78 Å². The van der Waals surface area contributed by atoms with Crippen LogP contribution in [0.5, 0.6) is 0 Å². The van der Waals surface area contributed by atoms with Gasteiger partial charge in [0.1, 0.15) is 17.7 Å². The number of benzene rings is 1. The van der Waals surface area contributed by atoms with Crippen molar-refractivity contribution in [2.24, 2.45) is 5.73 Å². The van der Waals surface area contributed by atoms with E-state index >= 15 is 0 Å². The number of nitrogens with two attached hydrogens (primary N) is 1. The van der Waals surface area contributed by atoms with Crippen LogP contribution < -0.4 is 5.73 Å². The Labute approximate surface area is 113 Å². The summed E-state index contributed by atoms with van der Waals surface area (Å²) in [4.78, 5) is 0.584. The lowest BCUT2D eigenvalue weighted by Gasteiger charge is -2.09. The first-order chi connectivity index (χ1) is 9.06. The number of thiophene rings is 1. The molecule has 96 valence electrons. The van der Waals surface area contributed by atoms with Crippen LogP contribution in [0, 0.1) is 29.9 Å². The molecule has 0 bridgehead atoms. The number of halogens is 2. The summed E-state index contributed by atoms with van der Waals surface area (Å²) in [6.07, 6.45) is 0. The fourth-order valence-corrected chi connectivity index (χ4v) is 2.43. The summed E-state index contributed by atoms with van der Waals surface area (Å²) in [7, 11) is 0. The van der Waals surface area contributed by atoms with Crippen molar-refractivity contribution in [2.75, 3.05) is 0 Å². The van der Waals surface area contributed by atoms with E-state index in [0.717, 1.165) is 6.07 Å². The van der Waals surface area contributed by atoms with E-state index in [1.807, 2.05) is 6.07 Å². The maximum atomic E-state index is 14.0. The normalized spacial score (nSPS) is 11.9. The molecule has 2 aromatic rings. The molecule has 0 saturated heterocycles. The van der Waals surface area contributed by atoms with E-state index in [-0.39, 0.29) is 22.4 Å². The maximum absolute atomic E-state index is 14.0. The van der Waals surface area contributed by atoms with Crippen molar-refractivity contribution in [1.82, 2.24) is 0 Å². The van der Waals surface area contributed by atoms with Crippen molar-refractivity contribution in [1.29, 1.82) is 5.26 Å². The summed E-state index contributed by atoms with van der Waals surface area (Å²) >= 11 is 1.29. The standard InChI is InChI=1S/C14H10F2N2S/c1-8-4-5-10(15)12(13(8)16)14(18)9(7-17)11-3-2-6-19-11/h2-6H,18H2,1H3/b14-9+. The van der Waals surface area contributed by atoms with Gasteiger partial charge in [-0.3, -0.25) is 0 Å². The van der Waals surface area contributed by atoms with Gasteiger partial charge in [-0.15, -0.1) is 11.3 Å². The lowest BCUT2D eigenvalue weighted by atomic mass is 10.0. The second-order valence-electron chi connectivity index (χ2n) is 3.93. The quantitative estimate of drug-likeness (QED) is 0.850. The fraction of sp³-hybridized carbons (Fsp3) is 0.0714. The molecule has 2 nitrogen and oxygen atoms in total. The lowest BCUT2D eigenvalue weighted by Crippen LogP contribution is -2.06. The predicted molar refractivity (Wildman–Crippen MR) is 72.0 cm³/mol. The molecule has 0 amide bonds. The van der Waals surface area contributed by atoms with Crippen LogP contribution >= 0.6 is 11.3 Å². The van der Waals surface area contributed by atoms with Gasteiger partial charge in [0.25, 0.3) is 0 Å². The van der Waals surface area contributed by atoms with E-state index in [1.54, 1.807) is 17.5 Å². The van der Waals surface area contributed by atoms with Crippen molar-refractivity contribution in [3.63, 3.8) is 0 Å². The molecule has 0 radical (unpaired) electrons. The number of allylic oxidation sites excluding steroid dienone is 1. The smallest absolute Gasteiger partial charge is 0.138 e. The van der Waals surface area contributed by atoms with Gasteiger partial charge in [-0.2, -0.15) is 5.26 Å². The van der Waals surface area contributed by atoms with Crippen LogP contribution in [0.2, 0.25) is 0 Å². The highest BCUT2D eigenvalue weighted by Crippen LogP contribution is 2.29. The van der Waals surface area contributed by atoms with E-state index in [4.69, 9.17) is 11.0 Å². The first kappa shape index (κ1) is 13.2. The highest BCUT2D eigenvalue weighted by Gasteiger charge is 2.18. The average Bonchev–Trinajstić information content (AvgIpc) is 2.89. The van der Waals surface area contributed by atoms with Gasteiger partial charge in [-0.25, -0.2) is 8.78 Å². The zero-order valence-electron chi connectivity index (χ0n) is 10.1. The van der Waals surface area contributed by atoms with E-state index in [2.05, 4.69) is 0 Å². The van der Waals surface area contributed by atoms with Crippen molar-refractivity contribution >= 4 is 22.6 Å². The molecule has 1 heterocycles. The Morgan fingerprint density at radius 3 is 2.63 bits per heavy atom. The number of nitriles is 1. The molecular formula is C14H10F2N2S. The molecule has 0 unspecified atom stereocenters.